The van der Waals surface area contributed by atoms with Crippen molar-refractivity contribution in [2.75, 3.05) is 32.1 Å². The van der Waals surface area contributed by atoms with E-state index in [0.29, 0.717) is 30.1 Å². The van der Waals surface area contributed by atoms with Crippen LogP contribution in [0.1, 0.15) is 30.0 Å². The minimum absolute atomic E-state index is 0.120. The van der Waals surface area contributed by atoms with Crippen LogP contribution >= 0.6 is 0 Å². The summed E-state index contributed by atoms with van der Waals surface area (Å²) in [4.78, 5) is 26.0. The Bertz CT molecular complexity index is 1030. The maximum atomic E-state index is 12.6. The number of ether oxygens (including phenoxy) is 2. The largest absolute Gasteiger partial charge is 0.497 e. The van der Waals surface area contributed by atoms with Gasteiger partial charge in [0.05, 0.1) is 25.8 Å². The number of nitrogens with one attached hydrogen (secondary N) is 2. The zero-order valence-electron chi connectivity index (χ0n) is 17.5. The lowest BCUT2D eigenvalue weighted by Gasteiger charge is -2.17. The summed E-state index contributed by atoms with van der Waals surface area (Å²) < 4.78 is 16.1. The number of quaternary nitrogens is 1. The van der Waals surface area contributed by atoms with E-state index in [-0.39, 0.29) is 24.8 Å². The number of fused-ring (bicyclic) bond motifs is 1. The molecule has 158 valence electrons. The van der Waals surface area contributed by atoms with E-state index in [0.717, 1.165) is 15.8 Å². The van der Waals surface area contributed by atoms with Crippen LogP contribution in [0.4, 0.5) is 5.69 Å². The SMILES string of the molecule is CCOC(=O)c1oc2ccccc2c1C[NH+](CC)CC(=O)Nc1cccc(OC)c1. The number of carbonyl (C=O) groups is 2. The van der Waals surface area contributed by atoms with E-state index in [1.54, 1.807) is 20.1 Å². The van der Waals surface area contributed by atoms with Crippen LogP contribution in [-0.2, 0) is 16.1 Å². The summed E-state index contributed by atoms with van der Waals surface area (Å²) in [5.41, 5.74) is 2.07. The molecule has 30 heavy (non-hydrogen) atoms. The Morgan fingerprint density at radius 3 is 2.63 bits per heavy atom. The van der Waals surface area contributed by atoms with Gasteiger partial charge in [-0.25, -0.2) is 4.79 Å². The molecule has 1 atom stereocenters. The van der Waals surface area contributed by atoms with Crippen LogP contribution in [0.15, 0.2) is 52.9 Å². The molecule has 0 saturated carbocycles. The zero-order valence-corrected chi connectivity index (χ0v) is 17.5. The molecule has 0 aliphatic heterocycles. The second kappa shape index (κ2) is 9.93. The molecule has 2 aromatic carbocycles. The lowest BCUT2D eigenvalue weighted by Crippen LogP contribution is -3.11. The first-order valence-electron chi connectivity index (χ1n) is 10.0. The van der Waals surface area contributed by atoms with Gasteiger partial charge in [-0.15, -0.1) is 0 Å². The van der Waals surface area contributed by atoms with Crippen molar-refractivity contribution in [3.63, 3.8) is 0 Å². The molecular formula is C23H27N2O5+. The van der Waals surface area contributed by atoms with Crippen molar-refractivity contribution in [1.29, 1.82) is 0 Å². The molecule has 1 aromatic heterocycles. The van der Waals surface area contributed by atoms with Crippen LogP contribution in [0.5, 0.6) is 5.75 Å². The van der Waals surface area contributed by atoms with E-state index in [1.165, 1.54) is 0 Å². The fourth-order valence-electron chi connectivity index (χ4n) is 3.33. The molecule has 0 aliphatic carbocycles. The first-order valence-corrected chi connectivity index (χ1v) is 10.0. The van der Waals surface area contributed by atoms with Crippen molar-refractivity contribution in [1.82, 2.24) is 0 Å². The molecular weight excluding hydrogens is 384 g/mol. The summed E-state index contributed by atoms with van der Waals surface area (Å²) in [5.74, 6) is 0.277. The normalized spacial score (nSPS) is 11.8. The summed E-state index contributed by atoms with van der Waals surface area (Å²) in [7, 11) is 1.58. The highest BCUT2D eigenvalue weighted by molar-refractivity contribution is 5.96. The molecule has 0 bridgehead atoms. The standard InChI is InChI=1S/C23H26N2O5/c1-4-25(15-21(26)24-16-9-8-10-17(13-16)28-3)14-19-18-11-6-7-12-20(18)30-22(19)23(27)29-5-2/h6-13H,4-5,14-15H2,1-3H3,(H,24,26)/p+1. The number of likely N-dealkylation sites (N-methyl/N-ethyl adjacent to an activating group) is 1. The Morgan fingerprint density at radius 1 is 1.10 bits per heavy atom. The van der Waals surface area contributed by atoms with Crippen molar-refractivity contribution in [3.8, 4) is 5.75 Å². The maximum Gasteiger partial charge on any atom is 0.374 e. The highest BCUT2D eigenvalue weighted by Gasteiger charge is 2.25. The van der Waals surface area contributed by atoms with Gasteiger partial charge in [-0.05, 0) is 32.0 Å². The highest BCUT2D eigenvalue weighted by atomic mass is 16.5. The Hall–Kier alpha value is -3.32. The highest BCUT2D eigenvalue weighted by Crippen LogP contribution is 2.26. The van der Waals surface area contributed by atoms with Gasteiger partial charge >= 0.3 is 5.97 Å². The minimum atomic E-state index is -0.486. The number of methoxy groups -OCH3 is 1. The van der Waals surface area contributed by atoms with Gasteiger partial charge in [0, 0.05) is 17.1 Å². The predicted octanol–water partition coefficient (Wildman–Crippen LogP) is 2.66. The smallest absolute Gasteiger partial charge is 0.374 e. The van der Waals surface area contributed by atoms with E-state index in [9.17, 15) is 9.59 Å². The lowest BCUT2D eigenvalue weighted by molar-refractivity contribution is -0.903. The molecule has 2 N–H and O–H groups in total. The topological polar surface area (TPSA) is 82.2 Å². The number of furan rings is 1. The number of rotatable bonds is 9. The number of carbonyl (C=O) groups excluding carboxylic acids is 2. The van der Waals surface area contributed by atoms with E-state index >= 15 is 0 Å². The van der Waals surface area contributed by atoms with Crippen molar-refractivity contribution in [2.24, 2.45) is 0 Å². The second-order valence-corrected chi connectivity index (χ2v) is 6.86. The van der Waals surface area contributed by atoms with E-state index in [4.69, 9.17) is 13.9 Å². The number of para-hydroxylation sites is 1. The van der Waals surface area contributed by atoms with Gasteiger partial charge in [-0.1, -0.05) is 24.3 Å². The van der Waals surface area contributed by atoms with Gasteiger partial charge in [-0.3, -0.25) is 4.79 Å². The van der Waals surface area contributed by atoms with Gasteiger partial charge in [0.25, 0.3) is 5.91 Å². The van der Waals surface area contributed by atoms with Crippen molar-refractivity contribution in [3.05, 3.63) is 59.9 Å². The summed E-state index contributed by atoms with van der Waals surface area (Å²) in [6.07, 6.45) is 0. The summed E-state index contributed by atoms with van der Waals surface area (Å²) in [5, 5.41) is 3.76. The minimum Gasteiger partial charge on any atom is -0.497 e. The van der Waals surface area contributed by atoms with Crippen LogP contribution in [0.3, 0.4) is 0 Å². The van der Waals surface area contributed by atoms with Gasteiger partial charge in [0.2, 0.25) is 5.76 Å². The van der Waals surface area contributed by atoms with E-state index < -0.39 is 5.97 Å². The maximum absolute atomic E-state index is 12.6. The van der Waals surface area contributed by atoms with Crippen molar-refractivity contribution < 1.29 is 28.4 Å². The van der Waals surface area contributed by atoms with E-state index in [1.807, 2.05) is 49.4 Å². The third-order valence-corrected chi connectivity index (χ3v) is 4.85. The number of hydrogen-bond donors (Lipinski definition) is 2. The Kier molecular flexibility index (Phi) is 7.08. The zero-order chi connectivity index (χ0) is 21.5. The fraction of sp³-hybridized carbons (Fsp3) is 0.304. The second-order valence-electron chi connectivity index (χ2n) is 6.86. The molecule has 7 nitrogen and oxygen atoms in total. The van der Waals surface area contributed by atoms with Crippen LogP contribution in [0.2, 0.25) is 0 Å². The number of esters is 1. The van der Waals surface area contributed by atoms with Gasteiger partial charge < -0.3 is 24.1 Å². The lowest BCUT2D eigenvalue weighted by atomic mass is 10.1. The van der Waals surface area contributed by atoms with Crippen molar-refractivity contribution >= 4 is 28.5 Å². The van der Waals surface area contributed by atoms with Crippen LogP contribution in [0.25, 0.3) is 11.0 Å². The molecule has 7 heteroatoms. The van der Waals surface area contributed by atoms with Gasteiger partial charge in [-0.2, -0.15) is 0 Å². The molecule has 0 radical (unpaired) electrons. The quantitative estimate of drug-likeness (QED) is 0.529. The van der Waals surface area contributed by atoms with Crippen molar-refractivity contribution in [2.45, 2.75) is 20.4 Å². The average Bonchev–Trinajstić information content (AvgIpc) is 3.12. The third kappa shape index (κ3) is 4.99. The summed E-state index contributed by atoms with van der Waals surface area (Å²) in [6.45, 7) is 5.44. The average molecular weight is 411 g/mol. The van der Waals surface area contributed by atoms with Crippen LogP contribution in [-0.4, -0.2) is 38.7 Å². The van der Waals surface area contributed by atoms with Gasteiger partial charge in [0.15, 0.2) is 6.54 Å². The Labute approximate surface area is 175 Å². The number of amides is 1. The third-order valence-electron chi connectivity index (χ3n) is 4.85. The monoisotopic (exact) mass is 411 g/mol. The molecule has 3 rings (SSSR count). The Morgan fingerprint density at radius 2 is 1.90 bits per heavy atom. The molecule has 0 saturated heterocycles. The number of hydrogen-bond acceptors (Lipinski definition) is 5. The van der Waals surface area contributed by atoms with E-state index in [2.05, 4.69) is 5.32 Å². The van der Waals surface area contributed by atoms with Crippen LogP contribution < -0.4 is 15.0 Å². The molecule has 1 amide bonds. The predicted molar refractivity (Wildman–Crippen MR) is 114 cm³/mol. The summed E-state index contributed by atoms with van der Waals surface area (Å²) >= 11 is 0. The molecule has 3 aromatic rings. The molecule has 1 unspecified atom stereocenters. The summed E-state index contributed by atoms with van der Waals surface area (Å²) in [6, 6.07) is 14.7. The van der Waals surface area contributed by atoms with Crippen LogP contribution in [0, 0.1) is 0 Å². The first kappa shape index (κ1) is 21.4. The fourth-order valence-corrected chi connectivity index (χ4v) is 3.33. The number of benzene rings is 2. The molecule has 0 aliphatic rings. The number of anilines is 1. The molecule has 0 spiro atoms. The first-order chi connectivity index (χ1) is 14.5. The van der Waals surface area contributed by atoms with Gasteiger partial charge in [0.1, 0.15) is 17.9 Å². The molecule has 0 fully saturated rings. The molecule has 1 heterocycles. The Balaban J connectivity index is 1.78.